The molecule has 11 heteroatoms. The van der Waals surface area contributed by atoms with Crippen LogP contribution in [0.3, 0.4) is 0 Å². The summed E-state index contributed by atoms with van der Waals surface area (Å²) in [5.74, 6) is -0.699. The third-order valence-electron chi connectivity index (χ3n) is 16.1. The number of amides is 1. The highest BCUT2D eigenvalue weighted by Gasteiger charge is 2.44. The molecule has 0 aromatic rings. The van der Waals surface area contributed by atoms with E-state index in [0.29, 0.717) is 12.8 Å². The van der Waals surface area contributed by atoms with Crippen molar-refractivity contribution in [1.82, 2.24) is 5.32 Å². The predicted molar refractivity (Wildman–Crippen MR) is 312 cm³/mol. The topological polar surface area (TPSA) is 189 Å². The summed E-state index contributed by atoms with van der Waals surface area (Å²) in [5.41, 5.74) is 0. The summed E-state index contributed by atoms with van der Waals surface area (Å²) >= 11 is 0. The number of allylic oxidation sites excluding steroid dienone is 2. The second kappa shape index (κ2) is 53.5. The lowest BCUT2D eigenvalue weighted by Crippen LogP contribution is -2.60. The van der Waals surface area contributed by atoms with Crippen molar-refractivity contribution in [2.24, 2.45) is 0 Å². The van der Waals surface area contributed by atoms with Crippen molar-refractivity contribution in [2.45, 2.75) is 377 Å². The Bertz CT molecular complexity index is 1220. The van der Waals surface area contributed by atoms with Crippen LogP contribution in [-0.2, 0) is 14.3 Å². The van der Waals surface area contributed by atoms with Crippen LogP contribution in [0.5, 0.6) is 0 Å². The van der Waals surface area contributed by atoms with Gasteiger partial charge in [0.15, 0.2) is 6.29 Å². The van der Waals surface area contributed by atoms with Gasteiger partial charge in [-0.1, -0.05) is 296 Å². The largest absolute Gasteiger partial charge is 0.394 e. The quantitative estimate of drug-likeness (QED) is 0.0215. The van der Waals surface area contributed by atoms with Crippen LogP contribution in [0.25, 0.3) is 0 Å². The Morgan fingerprint density at radius 3 is 1.15 bits per heavy atom. The molecule has 1 heterocycles. The average Bonchev–Trinajstić information content (AvgIpc) is 3.41. The highest BCUT2D eigenvalue weighted by atomic mass is 16.7. The van der Waals surface area contributed by atoms with E-state index in [2.05, 4.69) is 31.3 Å². The molecule has 0 aromatic heterocycles. The SMILES string of the molecule is CCCCCCCCCCCCCCCCCCC/C=C/CCCC(O)C(O)C(COC1OC(CO)C(O)C(O)C1O)NC(=O)C(O)CCCCCCCCCCCCCCCCCCCCCCCCCCCC. The second-order valence-corrected chi connectivity index (χ2v) is 23.2. The van der Waals surface area contributed by atoms with E-state index < -0.39 is 74.2 Å². The van der Waals surface area contributed by atoms with Crippen LogP contribution in [-0.4, -0.2) is 110 Å². The van der Waals surface area contributed by atoms with Gasteiger partial charge in [0.1, 0.15) is 36.6 Å². The maximum Gasteiger partial charge on any atom is 0.249 e. The first-order valence-corrected chi connectivity index (χ1v) is 32.6. The maximum absolute atomic E-state index is 13.2. The summed E-state index contributed by atoms with van der Waals surface area (Å²) in [7, 11) is 0. The fraction of sp³-hybridized carbons (Fsp3) is 0.953. The number of unbranched alkanes of at least 4 members (excludes halogenated alkanes) is 43. The highest BCUT2D eigenvalue weighted by molar-refractivity contribution is 5.80. The van der Waals surface area contributed by atoms with Crippen molar-refractivity contribution in [3.05, 3.63) is 12.2 Å². The van der Waals surface area contributed by atoms with E-state index >= 15 is 0 Å². The zero-order chi connectivity index (χ0) is 54.7. The van der Waals surface area contributed by atoms with Gasteiger partial charge in [-0.25, -0.2) is 0 Å². The first kappa shape index (κ1) is 71.9. The number of hydrogen-bond donors (Lipinski definition) is 8. The number of aliphatic hydroxyl groups excluding tert-OH is 7. The summed E-state index contributed by atoms with van der Waals surface area (Å²) in [5, 5.41) is 76.3. The molecule has 0 aliphatic carbocycles. The van der Waals surface area contributed by atoms with Crippen LogP contribution in [0.1, 0.15) is 322 Å². The number of aliphatic hydroxyl groups is 7. The molecule has 9 unspecified atom stereocenters. The Balaban J connectivity index is 2.25. The minimum absolute atomic E-state index is 0.260. The molecular weight excluding hydrogens is 943 g/mol. The van der Waals surface area contributed by atoms with Crippen molar-refractivity contribution in [3.63, 3.8) is 0 Å². The van der Waals surface area contributed by atoms with Gasteiger partial charge in [0.25, 0.3) is 0 Å². The minimum Gasteiger partial charge on any atom is -0.394 e. The van der Waals surface area contributed by atoms with Crippen molar-refractivity contribution in [1.29, 1.82) is 0 Å². The lowest BCUT2D eigenvalue weighted by molar-refractivity contribution is -0.303. The molecule has 0 aromatic carbocycles. The van der Waals surface area contributed by atoms with E-state index in [9.17, 15) is 40.5 Å². The van der Waals surface area contributed by atoms with Crippen LogP contribution in [0.15, 0.2) is 12.2 Å². The van der Waals surface area contributed by atoms with Gasteiger partial charge in [-0.15, -0.1) is 0 Å². The van der Waals surface area contributed by atoms with Gasteiger partial charge < -0.3 is 50.5 Å². The molecule has 1 amide bonds. The Labute approximate surface area is 462 Å². The fourth-order valence-corrected chi connectivity index (χ4v) is 10.8. The number of ether oxygens (including phenoxy) is 2. The molecule has 75 heavy (non-hydrogen) atoms. The molecule has 9 atom stereocenters. The molecular formula is C64H125NO10. The molecule has 8 N–H and O–H groups in total. The van der Waals surface area contributed by atoms with Crippen molar-refractivity contribution in [3.8, 4) is 0 Å². The van der Waals surface area contributed by atoms with Crippen LogP contribution < -0.4 is 5.32 Å². The van der Waals surface area contributed by atoms with Crippen molar-refractivity contribution in [2.75, 3.05) is 13.2 Å². The van der Waals surface area contributed by atoms with Gasteiger partial charge >= 0.3 is 0 Å². The second-order valence-electron chi connectivity index (χ2n) is 23.2. The molecule has 1 fully saturated rings. The third-order valence-corrected chi connectivity index (χ3v) is 16.1. The van der Waals surface area contributed by atoms with Gasteiger partial charge in [0.2, 0.25) is 5.91 Å². The van der Waals surface area contributed by atoms with E-state index in [0.717, 1.165) is 38.5 Å². The van der Waals surface area contributed by atoms with Crippen molar-refractivity contribution < 1.29 is 50.0 Å². The molecule has 0 bridgehead atoms. The molecule has 0 spiro atoms. The standard InChI is InChI=1S/C64H125NO10/c1-3-5-7-9-11-13-15-17-19-21-23-25-27-28-29-30-32-34-36-38-40-42-44-46-48-50-52-57(68)63(73)65-55(54-74-64-62(72)61(71)60(70)58(53-66)75-64)59(69)56(67)51-49-47-45-43-41-39-37-35-33-31-26-24-22-20-18-16-14-12-10-8-6-4-2/h43,45,55-62,64,66-72H,3-42,44,46-54H2,1-2H3,(H,65,73)/b45-43+. The summed E-state index contributed by atoms with van der Waals surface area (Å²) in [6.45, 7) is 3.50. The maximum atomic E-state index is 13.2. The molecule has 1 rings (SSSR count). The van der Waals surface area contributed by atoms with Crippen LogP contribution in [0.2, 0.25) is 0 Å². The van der Waals surface area contributed by atoms with E-state index in [4.69, 9.17) is 9.47 Å². The van der Waals surface area contributed by atoms with Gasteiger partial charge in [0.05, 0.1) is 25.4 Å². The lowest BCUT2D eigenvalue weighted by Gasteiger charge is -2.40. The molecule has 11 nitrogen and oxygen atoms in total. The Morgan fingerprint density at radius 1 is 0.453 bits per heavy atom. The summed E-state index contributed by atoms with van der Waals surface area (Å²) < 4.78 is 11.2. The number of rotatable bonds is 57. The van der Waals surface area contributed by atoms with Crippen LogP contribution in [0, 0.1) is 0 Å². The van der Waals surface area contributed by atoms with E-state index in [1.54, 1.807) is 0 Å². The number of hydrogen-bond acceptors (Lipinski definition) is 10. The normalized spacial score (nSPS) is 19.7. The number of carbonyl (C=O) groups excluding carboxylic acids is 1. The molecule has 0 radical (unpaired) electrons. The molecule has 0 saturated carbocycles. The molecule has 1 aliphatic heterocycles. The summed E-state index contributed by atoms with van der Waals surface area (Å²) in [6, 6.07) is -1.18. The van der Waals surface area contributed by atoms with Crippen molar-refractivity contribution >= 4 is 5.91 Å². The van der Waals surface area contributed by atoms with Gasteiger partial charge in [0, 0.05) is 0 Å². The van der Waals surface area contributed by atoms with Gasteiger partial charge in [-0.05, 0) is 38.5 Å². The van der Waals surface area contributed by atoms with E-state index in [-0.39, 0.29) is 12.8 Å². The smallest absolute Gasteiger partial charge is 0.249 e. The molecule has 446 valence electrons. The van der Waals surface area contributed by atoms with Crippen LogP contribution >= 0.6 is 0 Å². The highest BCUT2D eigenvalue weighted by Crippen LogP contribution is 2.24. The average molecular weight is 1070 g/mol. The zero-order valence-electron chi connectivity index (χ0n) is 49.1. The van der Waals surface area contributed by atoms with E-state index in [1.165, 1.54) is 244 Å². The van der Waals surface area contributed by atoms with Crippen LogP contribution in [0.4, 0.5) is 0 Å². The first-order chi connectivity index (χ1) is 36.7. The fourth-order valence-electron chi connectivity index (χ4n) is 10.8. The lowest BCUT2D eigenvalue weighted by atomic mass is 9.98. The molecule has 1 aliphatic rings. The predicted octanol–water partition coefficient (Wildman–Crippen LogP) is 14.7. The Hall–Kier alpha value is -1.15. The summed E-state index contributed by atoms with van der Waals surface area (Å²) in [6.07, 6.45) is 52.8. The van der Waals surface area contributed by atoms with E-state index in [1.807, 2.05) is 0 Å². The van der Waals surface area contributed by atoms with Gasteiger partial charge in [-0.2, -0.15) is 0 Å². The monoisotopic (exact) mass is 1070 g/mol. The number of nitrogens with one attached hydrogen (secondary N) is 1. The Morgan fingerprint density at radius 2 is 0.787 bits per heavy atom. The minimum atomic E-state index is -1.67. The third kappa shape index (κ3) is 41.5. The first-order valence-electron chi connectivity index (χ1n) is 32.6. The molecule has 1 saturated heterocycles. The Kier molecular flexibility index (Phi) is 51.3. The number of carbonyl (C=O) groups is 1. The van der Waals surface area contributed by atoms with Gasteiger partial charge in [-0.3, -0.25) is 4.79 Å². The summed E-state index contributed by atoms with van der Waals surface area (Å²) in [4.78, 5) is 13.2. The zero-order valence-corrected chi connectivity index (χ0v) is 49.1.